The number of para-hydroxylation sites is 1. The number of amides is 1. The van der Waals surface area contributed by atoms with Gasteiger partial charge >= 0.3 is 0 Å². The normalized spacial score (nSPS) is 11.8. The van der Waals surface area contributed by atoms with Gasteiger partial charge in [-0.2, -0.15) is 0 Å². The van der Waals surface area contributed by atoms with E-state index in [-0.39, 0.29) is 10.8 Å². The molecule has 0 radical (unpaired) electrons. The number of aromatic nitrogens is 1. The summed E-state index contributed by atoms with van der Waals surface area (Å²) in [5.41, 5.74) is 2.43. The molecule has 2 N–H and O–H groups in total. The highest BCUT2D eigenvalue weighted by Gasteiger charge is 2.17. The van der Waals surface area contributed by atoms with Crippen LogP contribution in [-0.4, -0.2) is 37.7 Å². The van der Waals surface area contributed by atoms with Gasteiger partial charge in [-0.3, -0.25) is 4.79 Å². The Morgan fingerprint density at radius 1 is 1.08 bits per heavy atom. The lowest BCUT2D eigenvalue weighted by Crippen LogP contribution is -2.24. The van der Waals surface area contributed by atoms with Crippen molar-refractivity contribution in [1.29, 1.82) is 0 Å². The van der Waals surface area contributed by atoms with Crippen molar-refractivity contribution in [3.8, 4) is 0 Å². The molecule has 0 unspecified atom stereocenters. The standard InChI is InChI=1S/C18H19N3O3S/c1-21(2)25(23,24)15-9-7-13(8-10-15)18(22)20-12-14-11-19-17-6-4-3-5-16(14)17/h3-11,19H,12H2,1-2H3,(H,20,22). The molecule has 7 heteroatoms. The molecule has 0 atom stereocenters. The predicted molar refractivity (Wildman–Crippen MR) is 96.8 cm³/mol. The van der Waals surface area contributed by atoms with Gasteiger partial charge in [0, 0.05) is 43.3 Å². The van der Waals surface area contributed by atoms with Crippen LogP contribution in [0.4, 0.5) is 0 Å². The first kappa shape index (κ1) is 17.2. The van der Waals surface area contributed by atoms with Crippen molar-refractivity contribution in [2.24, 2.45) is 0 Å². The minimum absolute atomic E-state index is 0.158. The molecule has 0 aliphatic heterocycles. The van der Waals surface area contributed by atoms with E-state index in [4.69, 9.17) is 0 Å². The first-order valence-electron chi connectivity index (χ1n) is 7.75. The second kappa shape index (κ2) is 6.70. The van der Waals surface area contributed by atoms with E-state index in [1.807, 2.05) is 30.5 Å². The van der Waals surface area contributed by atoms with E-state index in [1.54, 1.807) is 0 Å². The smallest absolute Gasteiger partial charge is 0.251 e. The topological polar surface area (TPSA) is 82.3 Å². The van der Waals surface area contributed by atoms with Gasteiger partial charge in [0.25, 0.3) is 5.91 Å². The molecule has 3 rings (SSSR count). The van der Waals surface area contributed by atoms with Gasteiger partial charge < -0.3 is 10.3 Å². The lowest BCUT2D eigenvalue weighted by molar-refractivity contribution is 0.0951. The fourth-order valence-electron chi connectivity index (χ4n) is 2.54. The van der Waals surface area contributed by atoms with Crippen molar-refractivity contribution in [1.82, 2.24) is 14.6 Å². The number of carbonyl (C=O) groups excluding carboxylic acids is 1. The van der Waals surface area contributed by atoms with E-state index < -0.39 is 10.0 Å². The summed E-state index contributed by atoms with van der Waals surface area (Å²) in [5.74, 6) is -0.251. The first-order valence-corrected chi connectivity index (χ1v) is 9.19. The highest BCUT2D eigenvalue weighted by molar-refractivity contribution is 7.89. The molecule has 0 fully saturated rings. The molecule has 25 heavy (non-hydrogen) atoms. The van der Waals surface area contributed by atoms with Gasteiger partial charge in [-0.25, -0.2) is 12.7 Å². The van der Waals surface area contributed by atoms with Crippen LogP contribution in [-0.2, 0) is 16.6 Å². The Kier molecular flexibility index (Phi) is 4.61. The molecule has 1 amide bonds. The molecule has 0 bridgehead atoms. The number of hydrogen-bond donors (Lipinski definition) is 2. The molecule has 2 aromatic carbocycles. The van der Waals surface area contributed by atoms with E-state index >= 15 is 0 Å². The third-order valence-corrected chi connectivity index (χ3v) is 5.84. The summed E-state index contributed by atoms with van der Waals surface area (Å²) in [6, 6.07) is 13.8. The van der Waals surface area contributed by atoms with Crippen LogP contribution < -0.4 is 5.32 Å². The highest BCUT2D eigenvalue weighted by Crippen LogP contribution is 2.18. The molecule has 6 nitrogen and oxygen atoms in total. The van der Waals surface area contributed by atoms with Crippen LogP contribution in [0.15, 0.2) is 59.6 Å². The van der Waals surface area contributed by atoms with Crippen LogP contribution in [0.25, 0.3) is 10.9 Å². The largest absolute Gasteiger partial charge is 0.361 e. The number of aromatic amines is 1. The molecule has 0 aliphatic carbocycles. The Labute approximate surface area is 146 Å². The van der Waals surface area contributed by atoms with Crippen LogP contribution in [0, 0.1) is 0 Å². The zero-order chi connectivity index (χ0) is 18.0. The Morgan fingerprint density at radius 2 is 1.76 bits per heavy atom. The summed E-state index contributed by atoms with van der Waals surface area (Å²) >= 11 is 0. The maximum absolute atomic E-state index is 12.3. The summed E-state index contributed by atoms with van der Waals surface area (Å²) in [7, 11) is -0.555. The molecule has 0 spiro atoms. The lowest BCUT2D eigenvalue weighted by Gasteiger charge is -2.11. The summed E-state index contributed by atoms with van der Waals surface area (Å²) < 4.78 is 25.2. The number of nitrogens with one attached hydrogen (secondary N) is 2. The monoisotopic (exact) mass is 357 g/mol. The zero-order valence-corrected chi connectivity index (χ0v) is 14.8. The SMILES string of the molecule is CN(C)S(=O)(=O)c1ccc(C(=O)NCc2c[nH]c3ccccc23)cc1. The van der Waals surface area contributed by atoms with Crippen LogP contribution in [0.2, 0.25) is 0 Å². The van der Waals surface area contributed by atoms with E-state index in [0.717, 1.165) is 20.8 Å². The Balaban J connectivity index is 1.71. The third-order valence-electron chi connectivity index (χ3n) is 4.01. The minimum atomic E-state index is -3.49. The zero-order valence-electron chi connectivity index (χ0n) is 14.0. The fourth-order valence-corrected chi connectivity index (χ4v) is 3.45. The van der Waals surface area contributed by atoms with Crippen LogP contribution in [0.3, 0.4) is 0 Å². The molecular weight excluding hydrogens is 338 g/mol. The second-order valence-corrected chi connectivity index (χ2v) is 8.01. The second-order valence-electron chi connectivity index (χ2n) is 5.85. The van der Waals surface area contributed by atoms with Gasteiger partial charge in [0.15, 0.2) is 0 Å². The molecule has 0 saturated carbocycles. The van der Waals surface area contributed by atoms with Crippen molar-refractivity contribution in [2.45, 2.75) is 11.4 Å². The summed E-state index contributed by atoms with van der Waals surface area (Å²) in [6.07, 6.45) is 1.87. The molecule has 1 heterocycles. The van der Waals surface area contributed by atoms with E-state index in [9.17, 15) is 13.2 Å². The molecule has 3 aromatic rings. The average molecular weight is 357 g/mol. The number of rotatable bonds is 5. The first-order chi connectivity index (χ1) is 11.9. The molecule has 1 aromatic heterocycles. The van der Waals surface area contributed by atoms with Crippen molar-refractivity contribution in [2.75, 3.05) is 14.1 Å². The number of carbonyl (C=O) groups is 1. The summed E-state index contributed by atoms with van der Waals surface area (Å²) in [6.45, 7) is 0.389. The van der Waals surface area contributed by atoms with E-state index in [0.29, 0.717) is 12.1 Å². The average Bonchev–Trinajstić information content (AvgIpc) is 3.03. The van der Waals surface area contributed by atoms with Crippen LogP contribution in [0.5, 0.6) is 0 Å². The maximum atomic E-state index is 12.3. The number of benzene rings is 2. The fraction of sp³-hybridized carbons (Fsp3) is 0.167. The predicted octanol–water partition coefficient (Wildman–Crippen LogP) is 2.35. The van der Waals surface area contributed by atoms with E-state index in [2.05, 4.69) is 10.3 Å². The molecule has 130 valence electrons. The highest BCUT2D eigenvalue weighted by atomic mass is 32.2. The number of sulfonamides is 1. The lowest BCUT2D eigenvalue weighted by atomic mass is 10.1. The van der Waals surface area contributed by atoms with Crippen LogP contribution in [0.1, 0.15) is 15.9 Å². The Bertz CT molecular complexity index is 1010. The van der Waals surface area contributed by atoms with Crippen molar-refractivity contribution >= 4 is 26.8 Å². The van der Waals surface area contributed by atoms with Gasteiger partial charge in [0.2, 0.25) is 10.0 Å². The Morgan fingerprint density at radius 3 is 2.44 bits per heavy atom. The number of hydrogen-bond acceptors (Lipinski definition) is 3. The number of fused-ring (bicyclic) bond motifs is 1. The molecular formula is C18H19N3O3S. The van der Waals surface area contributed by atoms with Gasteiger partial charge in [0.1, 0.15) is 0 Å². The molecule has 0 aliphatic rings. The Hall–Kier alpha value is -2.64. The van der Waals surface area contributed by atoms with Crippen molar-refractivity contribution < 1.29 is 13.2 Å². The maximum Gasteiger partial charge on any atom is 0.251 e. The summed E-state index contributed by atoms with van der Waals surface area (Å²) in [5, 5.41) is 3.92. The molecule has 0 saturated heterocycles. The summed E-state index contributed by atoms with van der Waals surface area (Å²) in [4.78, 5) is 15.6. The van der Waals surface area contributed by atoms with E-state index in [1.165, 1.54) is 38.4 Å². The van der Waals surface area contributed by atoms with Gasteiger partial charge in [-0.15, -0.1) is 0 Å². The number of nitrogens with zero attached hydrogens (tertiary/aromatic N) is 1. The van der Waals surface area contributed by atoms with Gasteiger partial charge in [-0.1, -0.05) is 18.2 Å². The minimum Gasteiger partial charge on any atom is -0.361 e. The third kappa shape index (κ3) is 3.42. The quantitative estimate of drug-likeness (QED) is 0.735. The van der Waals surface area contributed by atoms with Gasteiger partial charge in [0.05, 0.1) is 4.90 Å². The van der Waals surface area contributed by atoms with Crippen molar-refractivity contribution in [3.63, 3.8) is 0 Å². The number of H-pyrrole nitrogens is 1. The van der Waals surface area contributed by atoms with Crippen LogP contribution >= 0.6 is 0 Å². The van der Waals surface area contributed by atoms with Crippen molar-refractivity contribution in [3.05, 3.63) is 65.9 Å². The van der Waals surface area contributed by atoms with Gasteiger partial charge in [-0.05, 0) is 35.9 Å².